The molecular weight excluding hydrogens is 259 g/mol. The highest BCUT2D eigenvalue weighted by Crippen LogP contribution is 2.18. The van der Waals surface area contributed by atoms with Crippen molar-refractivity contribution in [2.45, 2.75) is 12.8 Å². The molecule has 1 saturated heterocycles. The summed E-state index contributed by atoms with van der Waals surface area (Å²) in [5.41, 5.74) is 0.637. The first-order valence-electron chi connectivity index (χ1n) is 5.56. The molecule has 0 aromatic heterocycles. The van der Waals surface area contributed by atoms with E-state index >= 15 is 0 Å². The third kappa shape index (κ3) is 2.61. The van der Waals surface area contributed by atoms with Crippen molar-refractivity contribution in [2.75, 3.05) is 13.1 Å². The Balaban J connectivity index is 2.15. The van der Waals surface area contributed by atoms with Crippen LogP contribution in [0.15, 0.2) is 23.4 Å². The Kier molecular flexibility index (Phi) is 3.81. The highest BCUT2D eigenvalue weighted by Gasteiger charge is 2.23. The van der Waals surface area contributed by atoms with E-state index in [0.29, 0.717) is 36.7 Å². The molecule has 1 fully saturated rings. The second kappa shape index (κ2) is 5.35. The molecular formula is C12H12ClFN2O2. The predicted octanol–water partition coefficient (Wildman–Crippen LogP) is 2.55. The third-order valence-corrected chi connectivity index (χ3v) is 3.16. The summed E-state index contributed by atoms with van der Waals surface area (Å²) in [4.78, 5) is 13.6. The molecule has 1 amide bonds. The molecule has 1 heterocycles. The van der Waals surface area contributed by atoms with Gasteiger partial charge in [0, 0.05) is 31.0 Å². The maximum absolute atomic E-state index is 13.5. The number of piperidine rings is 1. The van der Waals surface area contributed by atoms with Crippen molar-refractivity contribution in [1.82, 2.24) is 4.90 Å². The highest BCUT2D eigenvalue weighted by atomic mass is 35.5. The minimum Gasteiger partial charge on any atom is -0.411 e. The van der Waals surface area contributed by atoms with Crippen LogP contribution in [0.1, 0.15) is 23.2 Å². The lowest BCUT2D eigenvalue weighted by molar-refractivity contribution is 0.0749. The smallest absolute Gasteiger partial charge is 0.256 e. The number of carbonyl (C=O) groups excluding carboxylic acids is 1. The average Bonchev–Trinajstić information content (AvgIpc) is 2.41. The number of hydrogen-bond acceptors (Lipinski definition) is 3. The molecule has 18 heavy (non-hydrogen) atoms. The lowest BCUT2D eigenvalue weighted by atomic mass is 10.1. The van der Waals surface area contributed by atoms with Gasteiger partial charge in [0.25, 0.3) is 5.91 Å². The van der Waals surface area contributed by atoms with Crippen LogP contribution in [0.3, 0.4) is 0 Å². The van der Waals surface area contributed by atoms with Gasteiger partial charge in [-0.15, -0.1) is 0 Å². The summed E-state index contributed by atoms with van der Waals surface area (Å²) in [7, 11) is 0. The second-order valence-corrected chi connectivity index (χ2v) is 4.52. The minimum absolute atomic E-state index is 0.0214. The number of amides is 1. The van der Waals surface area contributed by atoms with E-state index in [1.54, 1.807) is 0 Å². The molecule has 0 spiro atoms. The van der Waals surface area contributed by atoms with Gasteiger partial charge < -0.3 is 10.1 Å². The number of hydrogen-bond donors (Lipinski definition) is 1. The van der Waals surface area contributed by atoms with Crippen molar-refractivity contribution in [3.05, 3.63) is 34.6 Å². The number of carbonyl (C=O) groups is 1. The van der Waals surface area contributed by atoms with Crippen LogP contribution in [0.25, 0.3) is 0 Å². The monoisotopic (exact) mass is 270 g/mol. The molecule has 0 saturated carbocycles. The van der Waals surface area contributed by atoms with E-state index in [1.165, 1.54) is 23.1 Å². The third-order valence-electron chi connectivity index (χ3n) is 2.93. The van der Waals surface area contributed by atoms with Gasteiger partial charge in [-0.2, -0.15) is 0 Å². The maximum Gasteiger partial charge on any atom is 0.256 e. The highest BCUT2D eigenvalue weighted by molar-refractivity contribution is 6.31. The molecule has 0 radical (unpaired) electrons. The quantitative estimate of drug-likeness (QED) is 0.630. The first-order chi connectivity index (χ1) is 8.61. The largest absolute Gasteiger partial charge is 0.411 e. The average molecular weight is 271 g/mol. The fourth-order valence-corrected chi connectivity index (χ4v) is 2.07. The van der Waals surface area contributed by atoms with Gasteiger partial charge in [0.05, 0.1) is 11.3 Å². The van der Waals surface area contributed by atoms with Crippen molar-refractivity contribution < 1.29 is 14.4 Å². The summed E-state index contributed by atoms with van der Waals surface area (Å²) in [5.74, 6) is -0.960. The van der Waals surface area contributed by atoms with Gasteiger partial charge in [-0.1, -0.05) is 16.8 Å². The van der Waals surface area contributed by atoms with Gasteiger partial charge in [0.15, 0.2) is 0 Å². The molecule has 6 heteroatoms. The van der Waals surface area contributed by atoms with Crippen LogP contribution >= 0.6 is 11.6 Å². The summed E-state index contributed by atoms with van der Waals surface area (Å²) in [6.45, 7) is 0.842. The van der Waals surface area contributed by atoms with Crippen LogP contribution in [0.4, 0.5) is 4.39 Å². The SMILES string of the molecule is O=C(c1cc(Cl)ccc1F)N1CCC(=NO)CC1. The zero-order valence-corrected chi connectivity index (χ0v) is 10.3. The summed E-state index contributed by atoms with van der Waals surface area (Å²) < 4.78 is 13.5. The number of rotatable bonds is 1. The molecule has 0 unspecified atom stereocenters. The second-order valence-electron chi connectivity index (χ2n) is 4.08. The fraction of sp³-hybridized carbons (Fsp3) is 0.333. The zero-order chi connectivity index (χ0) is 13.1. The van der Waals surface area contributed by atoms with Gasteiger partial charge in [-0.3, -0.25) is 4.79 Å². The lowest BCUT2D eigenvalue weighted by Crippen LogP contribution is -2.39. The van der Waals surface area contributed by atoms with E-state index in [-0.39, 0.29) is 11.5 Å². The van der Waals surface area contributed by atoms with Gasteiger partial charge in [-0.25, -0.2) is 4.39 Å². The van der Waals surface area contributed by atoms with Crippen molar-refractivity contribution >= 4 is 23.2 Å². The molecule has 1 aliphatic rings. The van der Waals surface area contributed by atoms with Gasteiger partial charge >= 0.3 is 0 Å². The van der Waals surface area contributed by atoms with E-state index in [4.69, 9.17) is 16.8 Å². The molecule has 1 aromatic carbocycles. The fourth-order valence-electron chi connectivity index (χ4n) is 1.90. The van der Waals surface area contributed by atoms with E-state index < -0.39 is 5.82 Å². The summed E-state index contributed by atoms with van der Waals surface area (Å²) in [6, 6.07) is 3.91. The molecule has 2 rings (SSSR count). The van der Waals surface area contributed by atoms with E-state index in [9.17, 15) is 9.18 Å². The van der Waals surface area contributed by atoms with Gasteiger partial charge in [0.1, 0.15) is 5.82 Å². The summed E-state index contributed by atoms with van der Waals surface area (Å²) >= 11 is 5.76. The van der Waals surface area contributed by atoms with Gasteiger partial charge in [-0.05, 0) is 18.2 Å². The normalized spacial score (nSPS) is 15.7. The van der Waals surface area contributed by atoms with E-state index in [1.807, 2.05) is 0 Å². The van der Waals surface area contributed by atoms with Crippen molar-refractivity contribution in [3.8, 4) is 0 Å². The molecule has 1 aliphatic heterocycles. The molecule has 1 N–H and O–H groups in total. The number of nitrogens with zero attached hydrogens (tertiary/aromatic N) is 2. The van der Waals surface area contributed by atoms with Crippen molar-refractivity contribution in [3.63, 3.8) is 0 Å². The maximum atomic E-state index is 13.5. The number of benzene rings is 1. The Morgan fingerprint density at radius 3 is 2.67 bits per heavy atom. The predicted molar refractivity (Wildman–Crippen MR) is 65.8 cm³/mol. The van der Waals surface area contributed by atoms with Crippen LogP contribution < -0.4 is 0 Å². The molecule has 1 aromatic rings. The first kappa shape index (κ1) is 12.8. The Morgan fingerprint density at radius 2 is 2.06 bits per heavy atom. The van der Waals surface area contributed by atoms with Crippen molar-refractivity contribution in [2.24, 2.45) is 5.16 Å². The van der Waals surface area contributed by atoms with Crippen LogP contribution in [-0.2, 0) is 0 Å². The number of likely N-dealkylation sites (tertiary alicyclic amines) is 1. The Morgan fingerprint density at radius 1 is 1.39 bits per heavy atom. The Hall–Kier alpha value is -1.62. The van der Waals surface area contributed by atoms with Crippen LogP contribution in [-0.4, -0.2) is 34.8 Å². The Labute approximate surface area is 109 Å². The van der Waals surface area contributed by atoms with E-state index in [0.717, 1.165) is 0 Å². The van der Waals surface area contributed by atoms with E-state index in [2.05, 4.69) is 5.16 Å². The molecule has 0 bridgehead atoms. The minimum atomic E-state index is -0.578. The molecule has 0 aliphatic carbocycles. The molecule has 0 atom stereocenters. The van der Waals surface area contributed by atoms with Crippen LogP contribution in [0, 0.1) is 5.82 Å². The van der Waals surface area contributed by atoms with Gasteiger partial charge in [0.2, 0.25) is 0 Å². The topological polar surface area (TPSA) is 52.9 Å². The molecule has 4 nitrogen and oxygen atoms in total. The lowest BCUT2D eigenvalue weighted by Gasteiger charge is -2.27. The van der Waals surface area contributed by atoms with Crippen LogP contribution in [0.2, 0.25) is 5.02 Å². The number of oxime groups is 1. The zero-order valence-electron chi connectivity index (χ0n) is 9.57. The number of halogens is 2. The van der Waals surface area contributed by atoms with Crippen molar-refractivity contribution in [1.29, 1.82) is 0 Å². The summed E-state index contributed by atoms with van der Waals surface area (Å²) in [6.07, 6.45) is 1.01. The standard InChI is InChI=1S/C12H12ClFN2O2/c13-8-1-2-11(14)10(7-8)12(17)16-5-3-9(15-18)4-6-16/h1-2,7,18H,3-6H2. The molecule has 96 valence electrons. The Bertz CT molecular complexity index is 495. The van der Waals surface area contributed by atoms with Crippen LogP contribution in [0.5, 0.6) is 0 Å². The first-order valence-corrected chi connectivity index (χ1v) is 5.93. The summed E-state index contributed by atoms with van der Waals surface area (Å²) in [5, 5.41) is 12.1.